The molecule has 0 aliphatic rings. The summed E-state index contributed by atoms with van der Waals surface area (Å²) in [6.45, 7) is 4.76. The molecule has 0 aliphatic carbocycles. The SMILES string of the molecule is CCOC(=O)/C=C/c1ccc(OCC)c2ccccc12. The fourth-order valence-electron chi connectivity index (χ4n) is 2.07. The maximum Gasteiger partial charge on any atom is 0.330 e. The van der Waals surface area contributed by atoms with E-state index in [0.29, 0.717) is 13.2 Å². The first-order valence-corrected chi connectivity index (χ1v) is 6.75. The molecule has 0 amide bonds. The molecule has 2 aromatic rings. The smallest absolute Gasteiger partial charge is 0.330 e. The third kappa shape index (κ3) is 3.18. The molecule has 3 heteroatoms. The second-order valence-corrected chi connectivity index (χ2v) is 4.22. The number of esters is 1. The van der Waals surface area contributed by atoms with Gasteiger partial charge in [-0.1, -0.05) is 30.3 Å². The van der Waals surface area contributed by atoms with E-state index in [9.17, 15) is 4.79 Å². The van der Waals surface area contributed by atoms with Gasteiger partial charge in [-0.25, -0.2) is 4.79 Å². The molecule has 0 aromatic heterocycles. The molecule has 0 unspecified atom stereocenters. The van der Waals surface area contributed by atoms with Crippen molar-refractivity contribution in [1.82, 2.24) is 0 Å². The largest absolute Gasteiger partial charge is 0.493 e. The first kappa shape index (κ1) is 14.1. The van der Waals surface area contributed by atoms with Crippen LogP contribution in [0.1, 0.15) is 19.4 Å². The summed E-state index contributed by atoms with van der Waals surface area (Å²) in [7, 11) is 0. The van der Waals surface area contributed by atoms with E-state index in [2.05, 4.69) is 0 Å². The molecular formula is C17H18O3. The van der Waals surface area contributed by atoms with Gasteiger partial charge in [-0.05, 0) is 36.9 Å². The Labute approximate surface area is 118 Å². The lowest BCUT2D eigenvalue weighted by Gasteiger charge is -2.09. The Kier molecular flexibility index (Phi) is 4.77. The summed E-state index contributed by atoms with van der Waals surface area (Å²) >= 11 is 0. The molecule has 0 saturated carbocycles. The van der Waals surface area contributed by atoms with Crippen LogP contribution in [0.2, 0.25) is 0 Å². The summed E-state index contributed by atoms with van der Waals surface area (Å²) in [5.74, 6) is 0.529. The second-order valence-electron chi connectivity index (χ2n) is 4.22. The van der Waals surface area contributed by atoms with Crippen LogP contribution in [0.4, 0.5) is 0 Å². The van der Waals surface area contributed by atoms with Crippen molar-refractivity contribution in [3.05, 3.63) is 48.0 Å². The monoisotopic (exact) mass is 270 g/mol. The average Bonchev–Trinajstić information content (AvgIpc) is 2.47. The van der Waals surface area contributed by atoms with Crippen LogP contribution in [-0.4, -0.2) is 19.2 Å². The minimum absolute atomic E-state index is 0.328. The highest BCUT2D eigenvalue weighted by atomic mass is 16.5. The van der Waals surface area contributed by atoms with Crippen LogP contribution in [-0.2, 0) is 9.53 Å². The summed E-state index contributed by atoms with van der Waals surface area (Å²) in [6, 6.07) is 11.9. The fraction of sp³-hybridized carbons (Fsp3) is 0.235. The molecule has 2 rings (SSSR count). The first-order chi connectivity index (χ1) is 9.76. The number of benzene rings is 2. The summed E-state index contributed by atoms with van der Waals surface area (Å²) < 4.78 is 10.5. The van der Waals surface area contributed by atoms with Gasteiger partial charge in [0.05, 0.1) is 13.2 Å². The quantitative estimate of drug-likeness (QED) is 0.612. The minimum atomic E-state index is -0.328. The van der Waals surface area contributed by atoms with Crippen molar-refractivity contribution in [1.29, 1.82) is 0 Å². The molecule has 0 atom stereocenters. The van der Waals surface area contributed by atoms with E-state index in [0.717, 1.165) is 22.1 Å². The highest BCUT2D eigenvalue weighted by Crippen LogP contribution is 2.29. The molecule has 0 fully saturated rings. The molecule has 0 heterocycles. The molecule has 20 heavy (non-hydrogen) atoms. The zero-order chi connectivity index (χ0) is 14.4. The van der Waals surface area contributed by atoms with Crippen molar-refractivity contribution in [2.24, 2.45) is 0 Å². The van der Waals surface area contributed by atoms with Gasteiger partial charge >= 0.3 is 5.97 Å². The van der Waals surface area contributed by atoms with Gasteiger partial charge in [-0.3, -0.25) is 0 Å². The Hall–Kier alpha value is -2.29. The standard InChI is InChI=1S/C17H18O3/c1-3-19-16-11-9-13(10-12-17(18)20-4-2)14-7-5-6-8-15(14)16/h5-12H,3-4H2,1-2H3/b12-10+. The minimum Gasteiger partial charge on any atom is -0.493 e. The van der Waals surface area contributed by atoms with Crippen LogP contribution in [0.5, 0.6) is 5.75 Å². The third-order valence-electron chi connectivity index (χ3n) is 2.90. The van der Waals surface area contributed by atoms with Crippen molar-refractivity contribution in [3.8, 4) is 5.75 Å². The maximum atomic E-state index is 11.4. The van der Waals surface area contributed by atoms with Crippen molar-refractivity contribution in [3.63, 3.8) is 0 Å². The van der Waals surface area contributed by atoms with E-state index in [1.54, 1.807) is 13.0 Å². The third-order valence-corrected chi connectivity index (χ3v) is 2.90. The van der Waals surface area contributed by atoms with E-state index in [1.807, 2.05) is 43.3 Å². The van der Waals surface area contributed by atoms with Gasteiger partial charge in [0.15, 0.2) is 0 Å². The summed E-state index contributed by atoms with van der Waals surface area (Å²) in [6.07, 6.45) is 3.22. The van der Waals surface area contributed by atoms with E-state index < -0.39 is 0 Å². The maximum absolute atomic E-state index is 11.4. The average molecular weight is 270 g/mol. The lowest BCUT2D eigenvalue weighted by Crippen LogP contribution is -1.98. The zero-order valence-electron chi connectivity index (χ0n) is 11.8. The Morgan fingerprint density at radius 1 is 1.05 bits per heavy atom. The van der Waals surface area contributed by atoms with E-state index in [1.165, 1.54) is 6.08 Å². The van der Waals surface area contributed by atoms with E-state index in [-0.39, 0.29) is 5.97 Å². The fourth-order valence-corrected chi connectivity index (χ4v) is 2.07. The van der Waals surface area contributed by atoms with Crippen molar-refractivity contribution in [2.75, 3.05) is 13.2 Å². The molecule has 0 spiro atoms. The molecule has 0 bridgehead atoms. The topological polar surface area (TPSA) is 35.5 Å². The highest BCUT2D eigenvalue weighted by Gasteiger charge is 2.05. The Morgan fingerprint density at radius 3 is 2.50 bits per heavy atom. The Morgan fingerprint density at radius 2 is 1.80 bits per heavy atom. The molecule has 0 N–H and O–H groups in total. The highest BCUT2D eigenvalue weighted by molar-refractivity contribution is 5.97. The molecule has 3 nitrogen and oxygen atoms in total. The van der Waals surface area contributed by atoms with Crippen molar-refractivity contribution in [2.45, 2.75) is 13.8 Å². The number of fused-ring (bicyclic) bond motifs is 1. The molecular weight excluding hydrogens is 252 g/mol. The van der Waals surface area contributed by atoms with Crippen molar-refractivity contribution >= 4 is 22.8 Å². The summed E-state index contributed by atoms with van der Waals surface area (Å²) in [5, 5.41) is 2.10. The number of hydrogen-bond acceptors (Lipinski definition) is 3. The Bertz CT molecular complexity index is 629. The second kappa shape index (κ2) is 6.75. The van der Waals surface area contributed by atoms with Gasteiger partial charge in [-0.15, -0.1) is 0 Å². The van der Waals surface area contributed by atoms with Crippen LogP contribution in [0.25, 0.3) is 16.8 Å². The molecule has 0 radical (unpaired) electrons. The molecule has 2 aromatic carbocycles. The van der Waals surface area contributed by atoms with Gasteiger partial charge in [0.2, 0.25) is 0 Å². The lowest BCUT2D eigenvalue weighted by atomic mass is 10.0. The number of rotatable bonds is 5. The Balaban J connectivity index is 2.40. The van der Waals surface area contributed by atoms with Crippen LogP contribution in [0.15, 0.2) is 42.5 Å². The normalized spacial score (nSPS) is 10.9. The molecule has 0 saturated heterocycles. The molecule has 104 valence electrons. The van der Waals surface area contributed by atoms with Gasteiger partial charge < -0.3 is 9.47 Å². The number of carbonyl (C=O) groups is 1. The van der Waals surface area contributed by atoms with E-state index in [4.69, 9.17) is 9.47 Å². The van der Waals surface area contributed by atoms with Gasteiger partial charge in [0, 0.05) is 11.5 Å². The number of ether oxygens (including phenoxy) is 2. The van der Waals surface area contributed by atoms with Gasteiger partial charge in [0.25, 0.3) is 0 Å². The number of hydrogen-bond donors (Lipinski definition) is 0. The van der Waals surface area contributed by atoms with Crippen LogP contribution < -0.4 is 4.74 Å². The number of carbonyl (C=O) groups excluding carboxylic acids is 1. The summed E-state index contributed by atoms with van der Waals surface area (Å²) in [5.41, 5.74) is 0.970. The van der Waals surface area contributed by atoms with E-state index >= 15 is 0 Å². The van der Waals surface area contributed by atoms with Gasteiger partial charge in [0.1, 0.15) is 5.75 Å². The predicted octanol–water partition coefficient (Wildman–Crippen LogP) is 3.81. The lowest BCUT2D eigenvalue weighted by molar-refractivity contribution is -0.137. The van der Waals surface area contributed by atoms with Crippen molar-refractivity contribution < 1.29 is 14.3 Å². The zero-order valence-corrected chi connectivity index (χ0v) is 11.8. The predicted molar refractivity (Wildman–Crippen MR) is 80.8 cm³/mol. The van der Waals surface area contributed by atoms with Crippen LogP contribution in [0, 0.1) is 0 Å². The van der Waals surface area contributed by atoms with Crippen LogP contribution in [0.3, 0.4) is 0 Å². The van der Waals surface area contributed by atoms with Crippen LogP contribution >= 0.6 is 0 Å². The first-order valence-electron chi connectivity index (χ1n) is 6.75. The van der Waals surface area contributed by atoms with Gasteiger partial charge in [-0.2, -0.15) is 0 Å². The summed E-state index contributed by atoms with van der Waals surface area (Å²) in [4.78, 5) is 11.4. The molecule has 0 aliphatic heterocycles.